The van der Waals surface area contributed by atoms with Crippen molar-refractivity contribution in [3.8, 4) is 11.5 Å². The van der Waals surface area contributed by atoms with Crippen LogP contribution < -0.4 is 10.5 Å². The van der Waals surface area contributed by atoms with E-state index in [-0.39, 0.29) is 23.9 Å². The molecule has 1 rings (SSSR count). The molecule has 0 unspecified atom stereocenters. The van der Waals surface area contributed by atoms with Gasteiger partial charge in [-0.25, -0.2) is 0 Å². The highest BCUT2D eigenvalue weighted by Gasteiger charge is 2.05. The summed E-state index contributed by atoms with van der Waals surface area (Å²) < 4.78 is 4.78. The number of methoxy groups -OCH3 is 1. The van der Waals surface area contributed by atoms with Gasteiger partial charge in [0.05, 0.1) is 7.11 Å². The molecule has 0 radical (unpaired) electrons. The normalized spacial score (nSPS) is 8.69. The molecule has 72 valence electrons. The van der Waals surface area contributed by atoms with Crippen LogP contribution in [-0.4, -0.2) is 18.1 Å². The predicted molar refractivity (Wildman–Crippen MR) is 50.4 cm³/mol. The van der Waals surface area contributed by atoms with Crippen LogP contribution in [0.5, 0.6) is 11.5 Å². The molecule has 0 bridgehead atoms. The first-order valence-corrected chi connectivity index (χ1v) is 3.32. The van der Waals surface area contributed by atoms with Gasteiger partial charge in [0.1, 0.15) is 0 Å². The van der Waals surface area contributed by atoms with Crippen LogP contribution in [0.4, 0.5) is 0 Å². The molecule has 0 fully saturated rings. The van der Waals surface area contributed by atoms with Gasteiger partial charge in [-0.2, -0.15) is 0 Å². The quantitative estimate of drug-likeness (QED) is 0.751. The molecule has 0 saturated heterocycles. The topological polar surface area (TPSA) is 72.5 Å². The first kappa shape index (κ1) is 11.6. The zero-order valence-corrected chi connectivity index (χ0v) is 7.80. The van der Waals surface area contributed by atoms with E-state index in [1.54, 1.807) is 0 Å². The van der Waals surface area contributed by atoms with Crippen molar-refractivity contribution in [2.45, 2.75) is 0 Å². The number of benzene rings is 1. The van der Waals surface area contributed by atoms with Crippen LogP contribution in [0.1, 0.15) is 10.4 Å². The highest BCUT2D eigenvalue weighted by molar-refractivity contribution is 5.93. The molecule has 0 heterocycles. The lowest BCUT2D eigenvalue weighted by Gasteiger charge is -2.03. The fraction of sp³-hybridized carbons (Fsp3) is 0.125. The second-order valence-electron chi connectivity index (χ2n) is 2.25. The van der Waals surface area contributed by atoms with E-state index in [0.29, 0.717) is 5.56 Å². The van der Waals surface area contributed by atoms with E-state index in [1.807, 2.05) is 0 Å². The largest absolute Gasteiger partial charge is 0.504 e. The van der Waals surface area contributed by atoms with Gasteiger partial charge < -0.3 is 15.6 Å². The second kappa shape index (κ2) is 4.57. The summed E-state index contributed by atoms with van der Waals surface area (Å²) in [4.78, 5) is 10.7. The second-order valence-corrected chi connectivity index (χ2v) is 2.25. The van der Waals surface area contributed by atoms with Crippen molar-refractivity contribution in [1.82, 2.24) is 0 Å². The van der Waals surface area contributed by atoms with Crippen molar-refractivity contribution in [2.24, 2.45) is 5.73 Å². The number of carbonyl (C=O) groups excluding carboxylic acids is 1. The lowest BCUT2D eigenvalue weighted by atomic mass is 10.2. The molecule has 1 aromatic carbocycles. The Morgan fingerprint density at radius 3 is 2.62 bits per heavy atom. The smallest absolute Gasteiger partial charge is 0.248 e. The number of aromatic hydroxyl groups is 1. The zero-order valence-electron chi connectivity index (χ0n) is 6.98. The minimum Gasteiger partial charge on any atom is -0.504 e. The minimum atomic E-state index is -0.548. The molecule has 0 aliphatic carbocycles. The van der Waals surface area contributed by atoms with Crippen LogP contribution in [0.2, 0.25) is 0 Å². The summed E-state index contributed by atoms with van der Waals surface area (Å²) in [6, 6.07) is 4.18. The number of hydrogen-bond acceptors (Lipinski definition) is 3. The molecule has 0 saturated carbocycles. The first-order valence-electron chi connectivity index (χ1n) is 3.32. The third-order valence-electron chi connectivity index (χ3n) is 1.46. The maximum absolute atomic E-state index is 10.7. The van der Waals surface area contributed by atoms with Crippen molar-refractivity contribution in [1.29, 1.82) is 0 Å². The molecule has 13 heavy (non-hydrogen) atoms. The summed E-state index contributed by atoms with van der Waals surface area (Å²) in [6.45, 7) is 0. The Bertz CT molecular complexity index is 314. The predicted octanol–water partition coefficient (Wildman–Crippen LogP) is 0.921. The van der Waals surface area contributed by atoms with Gasteiger partial charge in [-0.3, -0.25) is 4.79 Å². The minimum absolute atomic E-state index is 0. The van der Waals surface area contributed by atoms with Gasteiger partial charge in [-0.15, -0.1) is 12.4 Å². The number of rotatable bonds is 2. The Morgan fingerprint density at radius 1 is 1.54 bits per heavy atom. The number of phenolic OH excluding ortho intramolecular Hbond substituents is 1. The molecule has 1 amide bonds. The Kier molecular flexibility index (Phi) is 4.07. The maximum atomic E-state index is 10.7. The summed E-state index contributed by atoms with van der Waals surface area (Å²) in [6.07, 6.45) is 0. The number of halogens is 1. The molecule has 0 aliphatic rings. The molecule has 5 heteroatoms. The van der Waals surface area contributed by atoms with Gasteiger partial charge in [-0.1, -0.05) is 0 Å². The zero-order chi connectivity index (χ0) is 9.14. The van der Waals surface area contributed by atoms with Crippen molar-refractivity contribution in [2.75, 3.05) is 7.11 Å². The SMILES string of the molecule is COc1cc(C(N)=O)ccc1O.Cl. The van der Waals surface area contributed by atoms with Gasteiger partial charge >= 0.3 is 0 Å². The molecule has 0 aromatic heterocycles. The lowest BCUT2D eigenvalue weighted by Crippen LogP contribution is -2.10. The van der Waals surface area contributed by atoms with E-state index in [0.717, 1.165) is 0 Å². The first-order chi connectivity index (χ1) is 5.65. The maximum Gasteiger partial charge on any atom is 0.248 e. The molecule has 1 aromatic rings. The molecule has 3 N–H and O–H groups in total. The van der Waals surface area contributed by atoms with Gasteiger partial charge in [0.15, 0.2) is 11.5 Å². The lowest BCUT2D eigenvalue weighted by molar-refractivity contribution is 0.1000. The van der Waals surface area contributed by atoms with Gasteiger partial charge in [-0.05, 0) is 18.2 Å². The number of hydrogen-bond donors (Lipinski definition) is 2. The Morgan fingerprint density at radius 2 is 2.15 bits per heavy atom. The fourth-order valence-electron chi connectivity index (χ4n) is 0.831. The third-order valence-corrected chi connectivity index (χ3v) is 1.46. The number of phenols is 1. The highest BCUT2D eigenvalue weighted by Crippen LogP contribution is 2.25. The third kappa shape index (κ3) is 2.52. The molecular formula is C8H10ClNO3. The average molecular weight is 204 g/mol. The van der Waals surface area contributed by atoms with Crippen LogP contribution in [0, 0.1) is 0 Å². The number of ether oxygens (including phenoxy) is 1. The highest BCUT2D eigenvalue weighted by atomic mass is 35.5. The summed E-state index contributed by atoms with van der Waals surface area (Å²) >= 11 is 0. The van der Waals surface area contributed by atoms with Crippen molar-refractivity contribution in [3.05, 3.63) is 23.8 Å². The van der Waals surface area contributed by atoms with E-state index < -0.39 is 5.91 Å². The standard InChI is InChI=1S/C8H9NO3.ClH/c1-12-7-4-5(8(9)11)2-3-6(7)10;/h2-4,10H,1H3,(H2,9,11);1H. The molecule has 0 spiro atoms. The van der Waals surface area contributed by atoms with E-state index in [4.69, 9.17) is 15.6 Å². The summed E-state index contributed by atoms with van der Waals surface area (Å²) in [5.74, 6) is -0.317. The molecule has 4 nitrogen and oxygen atoms in total. The van der Waals surface area contributed by atoms with E-state index in [2.05, 4.69) is 0 Å². The van der Waals surface area contributed by atoms with E-state index in [9.17, 15) is 4.79 Å². The molecule has 0 aliphatic heterocycles. The van der Waals surface area contributed by atoms with Crippen LogP contribution in [0.3, 0.4) is 0 Å². The summed E-state index contributed by atoms with van der Waals surface area (Å²) in [5.41, 5.74) is 5.32. The summed E-state index contributed by atoms with van der Waals surface area (Å²) in [5, 5.41) is 9.14. The van der Waals surface area contributed by atoms with Gasteiger partial charge in [0, 0.05) is 5.56 Å². The number of nitrogens with two attached hydrogens (primary N) is 1. The van der Waals surface area contributed by atoms with Gasteiger partial charge in [0.25, 0.3) is 0 Å². The van der Waals surface area contributed by atoms with Crippen LogP contribution in [-0.2, 0) is 0 Å². The number of carbonyl (C=O) groups is 1. The van der Waals surface area contributed by atoms with E-state index in [1.165, 1.54) is 25.3 Å². The van der Waals surface area contributed by atoms with Crippen LogP contribution in [0.25, 0.3) is 0 Å². The van der Waals surface area contributed by atoms with Crippen molar-refractivity contribution in [3.63, 3.8) is 0 Å². The van der Waals surface area contributed by atoms with Crippen molar-refractivity contribution >= 4 is 18.3 Å². The fourth-order valence-corrected chi connectivity index (χ4v) is 0.831. The number of amides is 1. The van der Waals surface area contributed by atoms with Crippen molar-refractivity contribution < 1.29 is 14.6 Å². The van der Waals surface area contributed by atoms with Crippen LogP contribution >= 0.6 is 12.4 Å². The Balaban J connectivity index is 0.00000144. The number of primary amides is 1. The van der Waals surface area contributed by atoms with Crippen LogP contribution in [0.15, 0.2) is 18.2 Å². The monoisotopic (exact) mass is 203 g/mol. The molecular weight excluding hydrogens is 194 g/mol. The molecule has 0 atom stereocenters. The Hall–Kier alpha value is -1.42. The Labute approximate surface area is 81.7 Å². The van der Waals surface area contributed by atoms with Gasteiger partial charge in [0.2, 0.25) is 5.91 Å². The average Bonchev–Trinajstić information content (AvgIpc) is 2.05. The summed E-state index contributed by atoms with van der Waals surface area (Å²) in [7, 11) is 1.40. The van der Waals surface area contributed by atoms with E-state index >= 15 is 0 Å².